The SMILES string of the molecule is [Si]O[Si]c1cccc2cc3cc4ccc5cc6cc7ccccc7cc6cc5c4cc3cc12. The lowest BCUT2D eigenvalue weighted by Gasteiger charge is -2.11. The Kier molecular flexibility index (Phi) is 4.18. The van der Waals surface area contributed by atoms with Crippen LogP contribution in [-0.4, -0.2) is 20.2 Å². The fourth-order valence-electron chi connectivity index (χ4n) is 5.17. The Morgan fingerprint density at radius 1 is 0.424 bits per heavy atom. The highest BCUT2D eigenvalue weighted by molar-refractivity contribution is 6.54. The van der Waals surface area contributed by atoms with Crippen LogP contribution in [-0.2, 0) is 4.12 Å². The van der Waals surface area contributed by atoms with Gasteiger partial charge in [0.2, 0.25) is 10.5 Å². The van der Waals surface area contributed by atoms with Crippen LogP contribution in [0.15, 0.2) is 103 Å². The Balaban J connectivity index is 1.55. The van der Waals surface area contributed by atoms with Gasteiger partial charge in [0, 0.05) is 0 Å². The third kappa shape index (κ3) is 3.01. The molecule has 0 atom stereocenters. The van der Waals surface area contributed by atoms with Crippen molar-refractivity contribution >= 4 is 90.1 Å². The Bertz CT molecular complexity index is 1890. The largest absolute Gasteiger partial charge is 0.454 e. The van der Waals surface area contributed by atoms with Crippen LogP contribution < -0.4 is 5.19 Å². The molecule has 151 valence electrons. The highest BCUT2D eigenvalue weighted by Crippen LogP contribution is 2.34. The van der Waals surface area contributed by atoms with Gasteiger partial charge in [-0.2, -0.15) is 0 Å². The molecule has 1 nitrogen and oxygen atoms in total. The molecule has 5 radical (unpaired) electrons. The molecule has 0 amide bonds. The first-order valence-electron chi connectivity index (χ1n) is 11.0. The minimum Gasteiger partial charge on any atom is -0.454 e. The monoisotopic (exact) mass is 449 g/mol. The van der Waals surface area contributed by atoms with Crippen molar-refractivity contribution in [3.05, 3.63) is 103 Å². The average Bonchev–Trinajstić information content (AvgIpc) is 2.84. The minimum atomic E-state index is 0.272. The van der Waals surface area contributed by atoms with Gasteiger partial charge in [-0.3, -0.25) is 0 Å². The van der Waals surface area contributed by atoms with Crippen molar-refractivity contribution in [1.29, 1.82) is 0 Å². The average molecular weight is 450 g/mol. The molecular weight excluding hydrogens is 433 g/mol. The highest BCUT2D eigenvalue weighted by Gasteiger charge is 2.09. The summed E-state index contributed by atoms with van der Waals surface area (Å²) >= 11 is 0. The van der Waals surface area contributed by atoms with E-state index in [1.807, 2.05) is 0 Å². The molecule has 3 heteroatoms. The van der Waals surface area contributed by atoms with Gasteiger partial charge in [0.25, 0.3) is 9.76 Å². The lowest BCUT2D eigenvalue weighted by Crippen LogP contribution is -2.17. The lowest BCUT2D eigenvalue weighted by atomic mass is 9.94. The highest BCUT2D eigenvalue weighted by atomic mass is 28.3. The fourth-order valence-corrected chi connectivity index (χ4v) is 6.10. The molecule has 0 spiro atoms. The molecule has 0 aromatic heterocycles. The third-order valence-electron chi connectivity index (χ3n) is 6.77. The van der Waals surface area contributed by atoms with Gasteiger partial charge in [0.15, 0.2) is 0 Å². The Labute approximate surface area is 197 Å². The number of hydrogen-bond acceptors (Lipinski definition) is 1. The fraction of sp³-hybridized carbons (Fsp3) is 0. The predicted molar refractivity (Wildman–Crippen MR) is 144 cm³/mol. The molecule has 7 aromatic rings. The van der Waals surface area contributed by atoms with Crippen LogP contribution in [0.25, 0.3) is 64.6 Å². The normalized spacial score (nSPS) is 12.0. The van der Waals surface area contributed by atoms with Gasteiger partial charge in [0.1, 0.15) is 0 Å². The van der Waals surface area contributed by atoms with Crippen molar-refractivity contribution in [3.8, 4) is 0 Å². The summed E-state index contributed by atoms with van der Waals surface area (Å²) in [5.74, 6) is 0. The maximum atomic E-state index is 5.28. The standard InChI is InChI=1S/C30H17OSi2/c32-31-33-30-7-3-6-20-12-24-14-22-9-8-21-13-23-10-18-4-1-2-5-19(18)11-25(23)15-27(21)28(22)16-26(24)17-29(20)30/h1-17H. The van der Waals surface area contributed by atoms with Crippen LogP contribution in [0.4, 0.5) is 0 Å². The van der Waals surface area contributed by atoms with Gasteiger partial charge in [-0.05, 0) is 118 Å². The molecule has 7 aromatic carbocycles. The maximum Gasteiger partial charge on any atom is 0.257 e. The number of benzene rings is 7. The second kappa shape index (κ2) is 7.25. The zero-order valence-corrected chi connectivity index (χ0v) is 19.7. The number of rotatable bonds is 2. The zero-order chi connectivity index (χ0) is 21.9. The molecular formula is C30H17OSi2. The van der Waals surface area contributed by atoms with Crippen molar-refractivity contribution in [2.75, 3.05) is 0 Å². The first-order valence-corrected chi connectivity index (χ1v) is 12.3. The third-order valence-corrected chi connectivity index (χ3v) is 7.84. The minimum absolute atomic E-state index is 0.272. The molecule has 0 heterocycles. The topological polar surface area (TPSA) is 9.23 Å². The summed E-state index contributed by atoms with van der Waals surface area (Å²) in [5.41, 5.74) is 0. The summed E-state index contributed by atoms with van der Waals surface area (Å²) in [6.07, 6.45) is 0. The van der Waals surface area contributed by atoms with Crippen LogP contribution in [0.2, 0.25) is 0 Å². The molecule has 0 saturated carbocycles. The summed E-state index contributed by atoms with van der Waals surface area (Å²) < 4.78 is 5.28. The van der Waals surface area contributed by atoms with Gasteiger partial charge < -0.3 is 4.12 Å². The quantitative estimate of drug-likeness (QED) is 0.158. The molecule has 0 bridgehead atoms. The van der Waals surface area contributed by atoms with E-state index in [9.17, 15) is 0 Å². The van der Waals surface area contributed by atoms with Gasteiger partial charge in [-0.15, -0.1) is 0 Å². The number of hydrogen-bond donors (Lipinski definition) is 0. The van der Waals surface area contributed by atoms with Crippen LogP contribution in [0, 0.1) is 0 Å². The molecule has 0 saturated heterocycles. The Morgan fingerprint density at radius 3 is 1.48 bits per heavy atom. The lowest BCUT2D eigenvalue weighted by molar-refractivity contribution is 0.677. The van der Waals surface area contributed by atoms with Gasteiger partial charge in [0.05, 0.1) is 0 Å². The molecule has 0 unspecified atom stereocenters. The smallest absolute Gasteiger partial charge is 0.257 e. The van der Waals surface area contributed by atoms with E-state index in [1.54, 1.807) is 0 Å². The van der Waals surface area contributed by atoms with Crippen molar-refractivity contribution in [2.45, 2.75) is 0 Å². The van der Waals surface area contributed by atoms with E-state index in [0.29, 0.717) is 0 Å². The summed E-state index contributed by atoms with van der Waals surface area (Å²) in [6, 6.07) is 38.1. The molecule has 0 aliphatic heterocycles. The van der Waals surface area contributed by atoms with Crippen LogP contribution >= 0.6 is 0 Å². The van der Waals surface area contributed by atoms with E-state index in [4.69, 9.17) is 4.12 Å². The predicted octanol–water partition coefficient (Wildman–Crippen LogP) is 6.95. The van der Waals surface area contributed by atoms with Gasteiger partial charge in [-0.1, -0.05) is 54.6 Å². The van der Waals surface area contributed by atoms with Crippen molar-refractivity contribution in [2.24, 2.45) is 0 Å². The molecule has 0 aliphatic rings. The van der Waals surface area contributed by atoms with E-state index < -0.39 is 0 Å². The van der Waals surface area contributed by atoms with Crippen LogP contribution in [0.1, 0.15) is 0 Å². The van der Waals surface area contributed by atoms with E-state index in [0.717, 1.165) is 0 Å². The molecule has 7 rings (SSSR count). The van der Waals surface area contributed by atoms with Gasteiger partial charge in [-0.25, -0.2) is 0 Å². The summed E-state index contributed by atoms with van der Waals surface area (Å²) in [4.78, 5) is 0. The second-order valence-electron chi connectivity index (χ2n) is 8.69. The molecule has 33 heavy (non-hydrogen) atoms. The maximum absolute atomic E-state index is 5.28. The first kappa shape index (κ1) is 19.0. The first-order chi connectivity index (χ1) is 16.3. The summed E-state index contributed by atoms with van der Waals surface area (Å²) in [5, 5.41) is 16.5. The van der Waals surface area contributed by atoms with E-state index >= 15 is 0 Å². The number of fused-ring (bicyclic) bond motifs is 7. The van der Waals surface area contributed by atoms with Crippen LogP contribution in [0.5, 0.6) is 0 Å². The van der Waals surface area contributed by atoms with Crippen molar-refractivity contribution in [1.82, 2.24) is 0 Å². The van der Waals surface area contributed by atoms with Gasteiger partial charge >= 0.3 is 0 Å². The van der Waals surface area contributed by atoms with E-state index in [-0.39, 0.29) is 9.76 Å². The van der Waals surface area contributed by atoms with Crippen LogP contribution in [0.3, 0.4) is 0 Å². The second-order valence-corrected chi connectivity index (χ2v) is 10.2. The Hall–Kier alpha value is -3.51. The van der Waals surface area contributed by atoms with E-state index in [2.05, 4.69) is 114 Å². The van der Waals surface area contributed by atoms with Crippen molar-refractivity contribution < 1.29 is 4.12 Å². The Morgan fingerprint density at radius 2 is 0.879 bits per heavy atom. The molecule has 0 N–H and O–H groups in total. The zero-order valence-electron chi connectivity index (χ0n) is 17.7. The van der Waals surface area contributed by atoms with Crippen molar-refractivity contribution in [3.63, 3.8) is 0 Å². The molecule has 0 fully saturated rings. The molecule has 0 aliphatic carbocycles. The summed E-state index contributed by atoms with van der Waals surface area (Å²) in [7, 11) is 3.45. The summed E-state index contributed by atoms with van der Waals surface area (Å²) in [6.45, 7) is 0. The van der Waals surface area contributed by atoms with E-state index in [1.165, 1.54) is 69.8 Å².